The van der Waals surface area contributed by atoms with Gasteiger partial charge < -0.3 is 4.55 Å². The Morgan fingerprint density at radius 3 is 2.89 bits per heavy atom. The lowest BCUT2D eigenvalue weighted by molar-refractivity contribution is -0.463. The van der Waals surface area contributed by atoms with E-state index in [0.717, 1.165) is 24.8 Å². The molecule has 1 saturated carbocycles. The van der Waals surface area contributed by atoms with Gasteiger partial charge >= 0.3 is 6.19 Å². The van der Waals surface area contributed by atoms with Crippen LogP contribution >= 0.6 is 11.6 Å². The third-order valence-corrected chi connectivity index (χ3v) is 4.49. The molecule has 1 fully saturated rings. The fraction of sp³-hybridized carbons (Fsp3) is 0.500. The third-order valence-electron chi connectivity index (χ3n) is 3.34. The van der Waals surface area contributed by atoms with Crippen molar-refractivity contribution in [2.75, 3.05) is 6.26 Å². The van der Waals surface area contributed by atoms with Crippen molar-refractivity contribution in [3.63, 3.8) is 0 Å². The van der Waals surface area contributed by atoms with Crippen LogP contribution in [0.4, 0.5) is 0 Å². The van der Waals surface area contributed by atoms with Gasteiger partial charge in [0.2, 0.25) is 0 Å². The first kappa shape index (κ1) is 13.5. The Kier molecular flexibility index (Phi) is 4.33. The van der Waals surface area contributed by atoms with Crippen molar-refractivity contribution in [2.24, 2.45) is 0 Å². The summed E-state index contributed by atoms with van der Waals surface area (Å²) in [5, 5.41) is 9.63. The molecular weight excluding hydrogens is 270 g/mol. The zero-order valence-electron chi connectivity index (χ0n) is 10.1. The highest BCUT2D eigenvalue weighted by Gasteiger charge is 2.36. The standard InChI is InChI=1S/C12H14ClN3OS/c1-18(17)16(8-14)11-4-2-3-10(11)9-5-6-12(13)15-7-9/h5-7,10-11H,2-4H2,1H3/p+1/t10-,11-,18?/m1/s1. The minimum absolute atomic E-state index is 0.0660. The summed E-state index contributed by atoms with van der Waals surface area (Å²) < 4.78 is 11.2. The Labute approximate surface area is 114 Å². The molecule has 0 aromatic carbocycles. The SMILES string of the molecule is CS(O)=[N+](C#N)[C@@H]1CCC[C@@H]1c1ccc(Cl)nc1. The number of hydrogen-bond acceptors (Lipinski definition) is 2. The van der Waals surface area contributed by atoms with Crippen LogP contribution in [0.1, 0.15) is 30.7 Å². The highest BCUT2D eigenvalue weighted by Crippen LogP contribution is 2.36. The van der Waals surface area contributed by atoms with Gasteiger partial charge in [0, 0.05) is 18.4 Å². The molecule has 0 saturated heterocycles. The minimum atomic E-state index is -1.02. The van der Waals surface area contributed by atoms with Crippen LogP contribution in [0.5, 0.6) is 0 Å². The fourth-order valence-corrected chi connectivity index (χ4v) is 3.42. The molecule has 0 aliphatic heterocycles. The Morgan fingerprint density at radius 2 is 2.33 bits per heavy atom. The van der Waals surface area contributed by atoms with E-state index in [1.165, 1.54) is 3.95 Å². The van der Waals surface area contributed by atoms with Gasteiger partial charge in [0.05, 0.1) is 0 Å². The predicted molar refractivity (Wildman–Crippen MR) is 71.4 cm³/mol. The van der Waals surface area contributed by atoms with E-state index in [2.05, 4.69) is 11.2 Å². The van der Waals surface area contributed by atoms with Crippen LogP contribution in [-0.2, 0) is 11.0 Å². The Balaban J connectivity index is 2.31. The Bertz CT molecular complexity index is 505. The normalized spacial score (nSPS) is 25.6. The number of rotatable bonds is 2. The molecular formula is C12H15ClN3OS+. The lowest BCUT2D eigenvalue weighted by Crippen LogP contribution is -2.27. The molecule has 0 radical (unpaired) electrons. The first-order valence-corrected chi connectivity index (χ1v) is 7.71. The van der Waals surface area contributed by atoms with E-state index in [-0.39, 0.29) is 12.0 Å². The smallest absolute Gasteiger partial charge is 0.306 e. The van der Waals surface area contributed by atoms with Gasteiger partial charge in [0.1, 0.15) is 22.2 Å². The van der Waals surface area contributed by atoms with Crippen LogP contribution in [0.25, 0.3) is 0 Å². The molecule has 3 atom stereocenters. The van der Waals surface area contributed by atoms with Gasteiger partial charge in [-0.15, -0.1) is 3.95 Å². The van der Waals surface area contributed by atoms with E-state index in [4.69, 9.17) is 16.9 Å². The summed E-state index contributed by atoms with van der Waals surface area (Å²) in [6.07, 6.45) is 8.53. The van der Waals surface area contributed by atoms with Gasteiger partial charge in [-0.05, 0) is 30.9 Å². The molecule has 0 spiro atoms. The highest BCUT2D eigenvalue weighted by atomic mass is 35.5. The van der Waals surface area contributed by atoms with Crippen LogP contribution in [0.15, 0.2) is 18.3 Å². The van der Waals surface area contributed by atoms with Gasteiger partial charge in [-0.3, -0.25) is 0 Å². The minimum Gasteiger partial charge on any atom is -0.306 e. The number of aromatic nitrogens is 1. The summed E-state index contributed by atoms with van der Waals surface area (Å²) in [5.74, 6) is 0.247. The topological polar surface area (TPSA) is 59.9 Å². The van der Waals surface area contributed by atoms with E-state index in [0.29, 0.717) is 5.15 Å². The summed E-state index contributed by atoms with van der Waals surface area (Å²) in [6.45, 7) is 0. The van der Waals surface area contributed by atoms with Crippen LogP contribution in [0.2, 0.25) is 5.15 Å². The Hall–Kier alpha value is -0.960. The summed E-state index contributed by atoms with van der Waals surface area (Å²) in [4.78, 5) is 4.09. The predicted octanol–water partition coefficient (Wildman–Crippen LogP) is 2.77. The summed E-state index contributed by atoms with van der Waals surface area (Å²) >= 11 is 5.78. The number of nitriles is 1. The molecule has 18 heavy (non-hydrogen) atoms. The molecule has 1 N–H and O–H groups in total. The average molecular weight is 285 g/mol. The molecule has 4 nitrogen and oxygen atoms in total. The van der Waals surface area contributed by atoms with Crippen molar-refractivity contribution in [3.8, 4) is 6.19 Å². The number of pyridine rings is 1. The van der Waals surface area contributed by atoms with Gasteiger partial charge in [-0.1, -0.05) is 17.7 Å². The molecule has 0 amide bonds. The average Bonchev–Trinajstić information content (AvgIpc) is 2.79. The van der Waals surface area contributed by atoms with E-state index in [1.54, 1.807) is 18.5 Å². The van der Waals surface area contributed by atoms with Gasteiger partial charge in [-0.25, -0.2) is 4.98 Å². The zero-order valence-corrected chi connectivity index (χ0v) is 11.7. The number of hydrogen-bond donors (Lipinski definition) is 1. The van der Waals surface area contributed by atoms with Crippen molar-refractivity contribution >= 4 is 22.6 Å². The second kappa shape index (κ2) is 5.79. The molecule has 96 valence electrons. The first-order chi connectivity index (χ1) is 8.63. The zero-order chi connectivity index (χ0) is 13.1. The van der Waals surface area contributed by atoms with Crippen molar-refractivity contribution in [2.45, 2.75) is 31.2 Å². The number of nitrogens with zero attached hydrogens (tertiary/aromatic N) is 3. The quantitative estimate of drug-likeness (QED) is 0.393. The van der Waals surface area contributed by atoms with Crippen LogP contribution in [0.3, 0.4) is 0 Å². The maximum atomic E-state index is 9.68. The summed E-state index contributed by atoms with van der Waals surface area (Å²) in [5.41, 5.74) is 1.09. The maximum absolute atomic E-state index is 9.68. The third kappa shape index (κ3) is 2.72. The molecule has 0 bridgehead atoms. The summed E-state index contributed by atoms with van der Waals surface area (Å²) in [7, 11) is -1.02. The molecule has 1 aliphatic rings. The molecule has 1 aliphatic carbocycles. The van der Waals surface area contributed by atoms with Crippen molar-refractivity contribution in [3.05, 3.63) is 29.0 Å². The lowest BCUT2D eigenvalue weighted by Gasteiger charge is -2.17. The molecule has 1 aromatic rings. The molecule has 1 unspecified atom stereocenters. The maximum Gasteiger partial charge on any atom is 0.467 e. The van der Waals surface area contributed by atoms with E-state index in [1.807, 2.05) is 6.07 Å². The molecule has 6 heteroatoms. The van der Waals surface area contributed by atoms with Gasteiger partial charge in [0.15, 0.2) is 5.26 Å². The number of halogens is 1. The van der Waals surface area contributed by atoms with Crippen molar-refractivity contribution in [1.29, 1.82) is 5.26 Å². The Morgan fingerprint density at radius 1 is 1.56 bits per heavy atom. The van der Waals surface area contributed by atoms with Crippen LogP contribution < -0.4 is 0 Å². The molecule has 1 heterocycles. The largest absolute Gasteiger partial charge is 0.467 e. The van der Waals surface area contributed by atoms with Crippen LogP contribution in [0, 0.1) is 11.5 Å². The highest BCUT2D eigenvalue weighted by molar-refractivity contribution is 7.78. The monoisotopic (exact) mass is 284 g/mol. The van der Waals surface area contributed by atoms with Crippen molar-refractivity contribution < 1.29 is 8.50 Å². The van der Waals surface area contributed by atoms with E-state index in [9.17, 15) is 4.55 Å². The van der Waals surface area contributed by atoms with Crippen molar-refractivity contribution in [1.82, 2.24) is 4.98 Å². The van der Waals surface area contributed by atoms with E-state index >= 15 is 0 Å². The second-order valence-corrected chi connectivity index (χ2v) is 6.07. The molecule has 2 rings (SSSR count). The second-order valence-electron chi connectivity index (χ2n) is 4.39. The van der Waals surface area contributed by atoms with Gasteiger partial charge in [0.25, 0.3) is 0 Å². The first-order valence-electron chi connectivity index (χ1n) is 5.79. The van der Waals surface area contributed by atoms with E-state index < -0.39 is 11.0 Å². The summed E-state index contributed by atoms with van der Waals surface area (Å²) in [6, 6.07) is 3.79. The van der Waals surface area contributed by atoms with Crippen LogP contribution in [-0.4, -0.2) is 25.8 Å². The molecule has 1 aromatic heterocycles. The fourth-order valence-electron chi connectivity index (χ4n) is 2.55. The lowest BCUT2D eigenvalue weighted by atomic mass is 9.96. The van der Waals surface area contributed by atoms with Gasteiger partial charge in [-0.2, -0.15) is 0 Å².